The number of carbonyl (C=O) groups excluding carboxylic acids is 1. The maximum atomic E-state index is 13.5. The average Bonchev–Trinajstić information content (AvgIpc) is 3.32. The lowest BCUT2D eigenvalue weighted by Crippen LogP contribution is -2.11. The number of benzene rings is 2. The van der Waals surface area contributed by atoms with Gasteiger partial charge in [0.2, 0.25) is 0 Å². The van der Waals surface area contributed by atoms with E-state index in [2.05, 4.69) is 10.2 Å². The molecule has 152 valence electrons. The number of carbonyl (C=O) groups is 1. The molecule has 0 saturated carbocycles. The number of hydrogen-bond acceptors (Lipinski definition) is 5. The van der Waals surface area contributed by atoms with E-state index in [9.17, 15) is 4.79 Å². The van der Waals surface area contributed by atoms with Crippen molar-refractivity contribution in [3.63, 3.8) is 0 Å². The van der Waals surface area contributed by atoms with Crippen LogP contribution in [-0.2, 0) is 7.05 Å². The molecule has 5 nitrogen and oxygen atoms in total. The van der Waals surface area contributed by atoms with E-state index in [1.54, 1.807) is 6.26 Å². The van der Waals surface area contributed by atoms with Crippen molar-refractivity contribution in [3.8, 4) is 11.4 Å². The fraction of sp³-hybridized carbons (Fsp3) is 0.208. The number of aryl methyl sites for hydroxylation is 3. The third-order valence-electron chi connectivity index (χ3n) is 5.11. The lowest BCUT2D eigenvalue weighted by molar-refractivity contribution is 0.0989. The minimum atomic E-state index is -0.422. The zero-order valence-electron chi connectivity index (χ0n) is 17.4. The van der Waals surface area contributed by atoms with Crippen molar-refractivity contribution in [1.29, 1.82) is 0 Å². The van der Waals surface area contributed by atoms with E-state index in [0.717, 1.165) is 28.0 Å². The summed E-state index contributed by atoms with van der Waals surface area (Å²) in [5.74, 6) is 1.55. The van der Waals surface area contributed by atoms with E-state index in [1.165, 1.54) is 11.8 Å². The van der Waals surface area contributed by atoms with Gasteiger partial charge in [-0.1, -0.05) is 71.4 Å². The fourth-order valence-electron chi connectivity index (χ4n) is 3.26. The second-order valence-corrected chi connectivity index (χ2v) is 8.47. The third-order valence-corrected chi connectivity index (χ3v) is 6.40. The van der Waals surface area contributed by atoms with Gasteiger partial charge in [0, 0.05) is 12.6 Å². The Morgan fingerprint density at radius 1 is 0.933 bits per heavy atom. The second-order valence-electron chi connectivity index (χ2n) is 7.39. The van der Waals surface area contributed by atoms with Gasteiger partial charge in [-0.05, 0) is 32.4 Å². The predicted molar refractivity (Wildman–Crippen MR) is 119 cm³/mol. The molecule has 30 heavy (non-hydrogen) atoms. The van der Waals surface area contributed by atoms with Crippen molar-refractivity contribution in [2.75, 3.05) is 0 Å². The Kier molecular flexibility index (Phi) is 5.59. The minimum Gasteiger partial charge on any atom is -0.469 e. The quantitative estimate of drug-likeness (QED) is 0.297. The summed E-state index contributed by atoms with van der Waals surface area (Å²) in [6.07, 6.45) is 1.64. The van der Waals surface area contributed by atoms with Gasteiger partial charge in [0.1, 0.15) is 11.0 Å². The molecule has 2 aromatic carbocycles. The molecule has 2 aromatic heterocycles. The van der Waals surface area contributed by atoms with Crippen LogP contribution < -0.4 is 0 Å². The molecule has 0 aliphatic rings. The second kappa shape index (κ2) is 8.32. The number of furan rings is 1. The fourth-order valence-corrected chi connectivity index (χ4v) is 4.34. The van der Waals surface area contributed by atoms with Crippen molar-refractivity contribution in [2.24, 2.45) is 7.05 Å². The smallest absolute Gasteiger partial charge is 0.192 e. The van der Waals surface area contributed by atoms with Crippen LogP contribution in [0.2, 0.25) is 0 Å². The molecule has 0 radical (unpaired) electrons. The van der Waals surface area contributed by atoms with Crippen LogP contribution in [0.3, 0.4) is 0 Å². The topological polar surface area (TPSA) is 60.9 Å². The summed E-state index contributed by atoms with van der Waals surface area (Å²) >= 11 is 1.41. The zero-order chi connectivity index (χ0) is 21.3. The Hall–Kier alpha value is -3.12. The van der Waals surface area contributed by atoms with Crippen LogP contribution >= 0.6 is 11.8 Å². The number of Topliss-reactive ketones (excluding diaryl/α,β-unsaturated/α-hetero) is 1. The standard InChI is InChI=1S/C24H23N3O2S/c1-15-5-9-18(10-6-15)21(28)22(19-11-7-16(2)8-12-19)30-24-26-25-23(27(24)4)20-13-14-29-17(20)3/h5-14,22H,1-4H3/t22-/m1/s1. The molecule has 0 bridgehead atoms. The summed E-state index contributed by atoms with van der Waals surface area (Å²) in [7, 11) is 1.91. The first-order chi connectivity index (χ1) is 14.4. The molecule has 0 aliphatic heterocycles. The van der Waals surface area contributed by atoms with Crippen LogP contribution in [0.1, 0.15) is 38.1 Å². The lowest BCUT2D eigenvalue weighted by atomic mass is 10.0. The summed E-state index contributed by atoms with van der Waals surface area (Å²) < 4.78 is 7.32. The van der Waals surface area contributed by atoms with E-state index < -0.39 is 5.25 Å². The van der Waals surface area contributed by atoms with E-state index in [1.807, 2.05) is 87.0 Å². The highest BCUT2D eigenvalue weighted by molar-refractivity contribution is 8.00. The van der Waals surface area contributed by atoms with Gasteiger partial charge in [-0.2, -0.15) is 0 Å². The summed E-state index contributed by atoms with van der Waals surface area (Å²) in [6.45, 7) is 5.95. The van der Waals surface area contributed by atoms with Gasteiger partial charge in [0.15, 0.2) is 16.8 Å². The van der Waals surface area contributed by atoms with Crippen molar-refractivity contribution >= 4 is 17.5 Å². The molecule has 0 spiro atoms. The molecule has 0 unspecified atom stereocenters. The third kappa shape index (κ3) is 3.96. The Morgan fingerprint density at radius 2 is 1.57 bits per heavy atom. The summed E-state index contributed by atoms with van der Waals surface area (Å²) in [5.41, 5.74) is 4.81. The Bertz CT molecular complexity index is 1170. The van der Waals surface area contributed by atoms with Crippen molar-refractivity contribution in [2.45, 2.75) is 31.2 Å². The van der Waals surface area contributed by atoms with Gasteiger partial charge >= 0.3 is 0 Å². The molecule has 1 atom stereocenters. The van der Waals surface area contributed by atoms with Crippen molar-refractivity contribution in [1.82, 2.24) is 14.8 Å². The van der Waals surface area contributed by atoms with Crippen molar-refractivity contribution < 1.29 is 9.21 Å². The highest BCUT2D eigenvalue weighted by Gasteiger charge is 2.26. The SMILES string of the molecule is Cc1ccc(C(=O)[C@H](Sc2nnc(-c3ccoc3C)n2C)c2ccc(C)cc2)cc1. The van der Waals surface area contributed by atoms with Crippen LogP contribution in [-0.4, -0.2) is 20.5 Å². The molecule has 2 heterocycles. The Balaban J connectivity index is 1.71. The minimum absolute atomic E-state index is 0.0490. The largest absolute Gasteiger partial charge is 0.469 e. The molecule has 0 N–H and O–H groups in total. The van der Waals surface area contributed by atoms with Crippen LogP contribution in [0.5, 0.6) is 0 Å². The van der Waals surface area contributed by atoms with Crippen LogP contribution in [0, 0.1) is 20.8 Å². The summed E-state index contributed by atoms with van der Waals surface area (Å²) in [6, 6.07) is 17.7. The molecular formula is C24H23N3O2S. The number of aromatic nitrogens is 3. The van der Waals surface area contributed by atoms with Gasteiger partial charge < -0.3 is 8.98 Å². The number of hydrogen-bond donors (Lipinski definition) is 0. The number of nitrogens with zero attached hydrogens (tertiary/aromatic N) is 3. The van der Waals surface area contributed by atoms with Gasteiger partial charge in [-0.25, -0.2) is 0 Å². The summed E-state index contributed by atoms with van der Waals surface area (Å²) in [5, 5.41) is 8.97. The van der Waals surface area contributed by atoms with E-state index in [0.29, 0.717) is 16.5 Å². The first-order valence-electron chi connectivity index (χ1n) is 9.72. The molecule has 4 aromatic rings. The van der Waals surface area contributed by atoms with Gasteiger partial charge in [0.25, 0.3) is 0 Å². The maximum absolute atomic E-state index is 13.5. The average molecular weight is 418 g/mol. The number of ketones is 1. The molecule has 0 aliphatic carbocycles. The molecule has 0 amide bonds. The van der Waals surface area contributed by atoms with E-state index in [-0.39, 0.29) is 5.78 Å². The Labute approximate surface area is 180 Å². The van der Waals surface area contributed by atoms with Crippen molar-refractivity contribution in [3.05, 3.63) is 88.9 Å². The summed E-state index contributed by atoms with van der Waals surface area (Å²) in [4.78, 5) is 13.5. The number of rotatable bonds is 6. The molecule has 0 fully saturated rings. The van der Waals surface area contributed by atoms with E-state index >= 15 is 0 Å². The normalized spacial score (nSPS) is 12.1. The van der Waals surface area contributed by atoms with Crippen LogP contribution in [0.15, 0.2) is 70.4 Å². The predicted octanol–water partition coefficient (Wildman–Crippen LogP) is 5.72. The highest BCUT2D eigenvalue weighted by Crippen LogP contribution is 2.38. The highest BCUT2D eigenvalue weighted by atomic mass is 32.2. The monoisotopic (exact) mass is 417 g/mol. The van der Waals surface area contributed by atoms with Crippen LogP contribution in [0.4, 0.5) is 0 Å². The first-order valence-corrected chi connectivity index (χ1v) is 10.6. The maximum Gasteiger partial charge on any atom is 0.192 e. The first kappa shape index (κ1) is 20.2. The zero-order valence-corrected chi connectivity index (χ0v) is 18.2. The number of thioether (sulfide) groups is 1. The lowest BCUT2D eigenvalue weighted by Gasteiger charge is -2.16. The molecule has 6 heteroatoms. The molecule has 0 saturated heterocycles. The molecular weight excluding hydrogens is 394 g/mol. The van der Waals surface area contributed by atoms with Gasteiger partial charge in [-0.15, -0.1) is 10.2 Å². The van der Waals surface area contributed by atoms with E-state index in [4.69, 9.17) is 4.42 Å². The molecule has 4 rings (SSSR count). The van der Waals surface area contributed by atoms with Gasteiger partial charge in [0.05, 0.1) is 11.8 Å². The Morgan fingerprint density at radius 3 is 2.17 bits per heavy atom. The van der Waals surface area contributed by atoms with Crippen LogP contribution in [0.25, 0.3) is 11.4 Å². The van der Waals surface area contributed by atoms with Gasteiger partial charge in [-0.3, -0.25) is 4.79 Å².